The molecular weight excluding hydrogens is 176 g/mol. The average Bonchev–Trinajstić information content (AvgIpc) is 2.76. The monoisotopic (exact) mass is 186 g/mol. The first kappa shape index (κ1) is 8.57. The topological polar surface area (TPSA) is 46.5 Å². The molecule has 2 rings (SSSR count). The maximum atomic E-state index is 8.79. The van der Waals surface area contributed by atoms with E-state index in [-0.39, 0.29) is 0 Å². The van der Waals surface area contributed by atoms with Gasteiger partial charge >= 0.3 is 0 Å². The van der Waals surface area contributed by atoms with Gasteiger partial charge in [0.2, 0.25) is 0 Å². The predicted octanol–water partition coefficient (Wildman–Crippen LogP) is 1.14. The lowest BCUT2D eigenvalue weighted by atomic mass is 10.4. The molecule has 0 aliphatic heterocycles. The van der Waals surface area contributed by atoms with Crippen molar-refractivity contribution < 1.29 is 0 Å². The molecule has 2 heterocycles. The molecule has 0 fully saturated rings. The normalized spacial score (nSPS) is 10.0. The Balaban J connectivity index is 2.23. The maximum Gasteiger partial charge on any atom is 0.120 e. The molecule has 0 spiro atoms. The molecule has 0 aromatic carbocycles. The molecule has 0 radical (unpaired) electrons. The van der Waals surface area contributed by atoms with E-state index in [0.29, 0.717) is 12.2 Å². The number of aryl methyl sites for hydroxylation is 1. The summed E-state index contributed by atoms with van der Waals surface area (Å²) in [7, 11) is 1.88. The third kappa shape index (κ3) is 1.52. The Morgan fingerprint density at radius 2 is 2.29 bits per heavy atom. The van der Waals surface area contributed by atoms with E-state index in [0.717, 1.165) is 5.69 Å². The van der Waals surface area contributed by atoms with E-state index in [1.54, 1.807) is 10.7 Å². The highest BCUT2D eigenvalue weighted by Crippen LogP contribution is 2.04. The second-order valence-electron chi connectivity index (χ2n) is 3.11. The van der Waals surface area contributed by atoms with Crippen LogP contribution in [0.1, 0.15) is 11.4 Å². The van der Waals surface area contributed by atoms with Gasteiger partial charge in [-0.25, -0.2) is 0 Å². The number of rotatable bonds is 2. The molecule has 0 aliphatic rings. The SMILES string of the molecule is Cn1ccc(Cn2cccc2C#N)n1. The lowest BCUT2D eigenvalue weighted by molar-refractivity contribution is 0.704. The summed E-state index contributed by atoms with van der Waals surface area (Å²) in [6.45, 7) is 0.650. The highest BCUT2D eigenvalue weighted by molar-refractivity contribution is 5.23. The molecule has 0 N–H and O–H groups in total. The molecule has 70 valence electrons. The van der Waals surface area contributed by atoms with Gasteiger partial charge in [0.15, 0.2) is 0 Å². The Bertz CT molecular complexity index is 472. The van der Waals surface area contributed by atoms with Crippen molar-refractivity contribution in [3.63, 3.8) is 0 Å². The van der Waals surface area contributed by atoms with Crippen molar-refractivity contribution in [2.75, 3.05) is 0 Å². The Kier molecular flexibility index (Phi) is 2.07. The van der Waals surface area contributed by atoms with Crippen LogP contribution in [0.15, 0.2) is 30.6 Å². The van der Waals surface area contributed by atoms with Gasteiger partial charge in [-0.15, -0.1) is 0 Å². The summed E-state index contributed by atoms with van der Waals surface area (Å²) in [5, 5.41) is 13.0. The zero-order chi connectivity index (χ0) is 9.97. The predicted molar refractivity (Wildman–Crippen MR) is 51.5 cm³/mol. The van der Waals surface area contributed by atoms with E-state index >= 15 is 0 Å². The number of nitriles is 1. The van der Waals surface area contributed by atoms with Gasteiger partial charge in [-0.1, -0.05) is 0 Å². The van der Waals surface area contributed by atoms with E-state index in [1.807, 2.05) is 36.1 Å². The average molecular weight is 186 g/mol. The minimum atomic E-state index is 0.650. The molecule has 0 bridgehead atoms. The minimum Gasteiger partial charge on any atom is -0.333 e. The fraction of sp³-hybridized carbons (Fsp3) is 0.200. The van der Waals surface area contributed by atoms with Crippen molar-refractivity contribution in [1.29, 1.82) is 5.26 Å². The van der Waals surface area contributed by atoms with Crippen LogP contribution >= 0.6 is 0 Å². The van der Waals surface area contributed by atoms with Gasteiger partial charge in [-0.05, 0) is 18.2 Å². The first-order chi connectivity index (χ1) is 6.79. The number of hydrogen-bond donors (Lipinski definition) is 0. The van der Waals surface area contributed by atoms with Crippen LogP contribution in [0.5, 0.6) is 0 Å². The molecule has 0 saturated heterocycles. The summed E-state index contributed by atoms with van der Waals surface area (Å²) >= 11 is 0. The van der Waals surface area contributed by atoms with Gasteiger partial charge in [-0.3, -0.25) is 4.68 Å². The standard InChI is InChI=1S/C10H10N4/c1-13-6-4-9(12-13)8-14-5-2-3-10(14)7-11/h2-6H,8H2,1H3. The maximum absolute atomic E-state index is 8.79. The molecule has 0 unspecified atom stereocenters. The van der Waals surface area contributed by atoms with Crippen LogP contribution in [0.2, 0.25) is 0 Å². The van der Waals surface area contributed by atoms with Crippen molar-refractivity contribution in [1.82, 2.24) is 14.3 Å². The van der Waals surface area contributed by atoms with Gasteiger partial charge in [0.1, 0.15) is 11.8 Å². The molecular formula is C10H10N4. The summed E-state index contributed by atoms with van der Waals surface area (Å²) in [6, 6.07) is 7.73. The Labute approximate surface area is 82.0 Å². The van der Waals surface area contributed by atoms with Gasteiger partial charge in [0, 0.05) is 19.4 Å². The third-order valence-electron chi connectivity index (χ3n) is 2.05. The van der Waals surface area contributed by atoms with Crippen LogP contribution in [0.3, 0.4) is 0 Å². The van der Waals surface area contributed by atoms with Crippen LogP contribution in [-0.2, 0) is 13.6 Å². The lowest BCUT2D eigenvalue weighted by Crippen LogP contribution is -2.01. The highest BCUT2D eigenvalue weighted by atomic mass is 15.3. The van der Waals surface area contributed by atoms with E-state index in [9.17, 15) is 0 Å². The number of aromatic nitrogens is 3. The van der Waals surface area contributed by atoms with E-state index in [2.05, 4.69) is 11.2 Å². The zero-order valence-corrected chi connectivity index (χ0v) is 7.88. The van der Waals surface area contributed by atoms with Crippen LogP contribution in [0, 0.1) is 11.3 Å². The highest BCUT2D eigenvalue weighted by Gasteiger charge is 2.02. The van der Waals surface area contributed by atoms with Crippen molar-refractivity contribution in [2.45, 2.75) is 6.54 Å². The van der Waals surface area contributed by atoms with Crippen molar-refractivity contribution in [3.05, 3.63) is 42.0 Å². The van der Waals surface area contributed by atoms with Gasteiger partial charge in [0.25, 0.3) is 0 Å². The van der Waals surface area contributed by atoms with Crippen molar-refractivity contribution in [2.24, 2.45) is 7.05 Å². The van der Waals surface area contributed by atoms with E-state index < -0.39 is 0 Å². The summed E-state index contributed by atoms with van der Waals surface area (Å²) in [5.74, 6) is 0. The van der Waals surface area contributed by atoms with Gasteiger partial charge in [0.05, 0.1) is 12.2 Å². The zero-order valence-electron chi connectivity index (χ0n) is 7.88. The minimum absolute atomic E-state index is 0.650. The molecule has 2 aromatic heterocycles. The molecule has 4 heteroatoms. The fourth-order valence-corrected chi connectivity index (χ4v) is 1.38. The first-order valence-corrected chi connectivity index (χ1v) is 4.33. The molecule has 4 nitrogen and oxygen atoms in total. The van der Waals surface area contributed by atoms with Gasteiger partial charge in [-0.2, -0.15) is 10.4 Å². The third-order valence-corrected chi connectivity index (χ3v) is 2.05. The molecule has 0 aliphatic carbocycles. The summed E-state index contributed by atoms with van der Waals surface area (Å²) in [6.07, 6.45) is 3.78. The molecule has 0 atom stereocenters. The van der Waals surface area contributed by atoms with Crippen LogP contribution < -0.4 is 0 Å². The van der Waals surface area contributed by atoms with E-state index in [1.165, 1.54) is 0 Å². The molecule has 0 saturated carbocycles. The second kappa shape index (κ2) is 3.38. The van der Waals surface area contributed by atoms with Crippen molar-refractivity contribution in [3.8, 4) is 6.07 Å². The summed E-state index contributed by atoms with van der Waals surface area (Å²) in [4.78, 5) is 0. The van der Waals surface area contributed by atoms with Crippen LogP contribution in [0.25, 0.3) is 0 Å². The molecule has 14 heavy (non-hydrogen) atoms. The first-order valence-electron chi connectivity index (χ1n) is 4.33. The summed E-state index contributed by atoms with van der Waals surface area (Å²) < 4.78 is 3.63. The van der Waals surface area contributed by atoms with E-state index in [4.69, 9.17) is 5.26 Å². The summed E-state index contributed by atoms with van der Waals surface area (Å²) in [5.41, 5.74) is 1.62. The lowest BCUT2D eigenvalue weighted by Gasteiger charge is -2.00. The van der Waals surface area contributed by atoms with Crippen LogP contribution in [0.4, 0.5) is 0 Å². The quantitative estimate of drug-likeness (QED) is 0.706. The number of hydrogen-bond acceptors (Lipinski definition) is 2. The second-order valence-corrected chi connectivity index (χ2v) is 3.11. The Morgan fingerprint density at radius 1 is 1.43 bits per heavy atom. The smallest absolute Gasteiger partial charge is 0.120 e. The number of nitrogens with zero attached hydrogens (tertiary/aromatic N) is 4. The molecule has 0 amide bonds. The molecule has 2 aromatic rings. The fourth-order valence-electron chi connectivity index (χ4n) is 1.38. The van der Waals surface area contributed by atoms with Gasteiger partial charge < -0.3 is 4.57 Å². The van der Waals surface area contributed by atoms with Crippen molar-refractivity contribution >= 4 is 0 Å². The van der Waals surface area contributed by atoms with Crippen LogP contribution in [-0.4, -0.2) is 14.3 Å². The Hall–Kier alpha value is -2.02. The largest absolute Gasteiger partial charge is 0.333 e. The Morgan fingerprint density at radius 3 is 2.93 bits per heavy atom.